The van der Waals surface area contributed by atoms with Crippen LogP contribution >= 0.6 is 0 Å². The lowest BCUT2D eigenvalue weighted by molar-refractivity contribution is -0.131. The molecule has 1 aliphatic rings. The van der Waals surface area contributed by atoms with Crippen LogP contribution < -0.4 is 0 Å². The molecule has 0 aromatic carbocycles. The Balaban J connectivity index is 4.67. The monoisotopic (exact) mass is 652 g/mol. The molecule has 0 N–H and O–H groups in total. The molecule has 0 saturated carbocycles. The Bertz CT molecular complexity index is 842. The van der Waals surface area contributed by atoms with Gasteiger partial charge in [0.15, 0.2) is 21.0 Å². The third kappa shape index (κ3) is 4.46. The zero-order chi connectivity index (χ0) is 29.6. The van der Waals surface area contributed by atoms with Crippen LogP contribution in [-0.4, -0.2) is 84.1 Å². The maximum Gasteiger partial charge on any atom is 0.200 e. The van der Waals surface area contributed by atoms with E-state index in [9.17, 15) is 4.79 Å². The molecule has 1 aliphatic heterocycles. The third-order valence-electron chi connectivity index (χ3n) is 11.3. The number of rotatable bonds is 5. The highest BCUT2D eigenvalue weighted by molar-refractivity contribution is 8.20. The van der Waals surface area contributed by atoms with Gasteiger partial charge in [-0.3, -0.25) is 4.79 Å². The van der Waals surface area contributed by atoms with E-state index in [4.69, 9.17) is 8.85 Å². The van der Waals surface area contributed by atoms with Crippen molar-refractivity contribution < 1.29 is 13.6 Å². The normalized spacial score (nSPS) is 30.3. The number of ketones is 1. The molecule has 2 unspecified atom stereocenters. The Labute approximate surface area is 233 Å². The van der Waals surface area contributed by atoms with Crippen molar-refractivity contribution in [1.82, 2.24) is 0 Å². The van der Waals surface area contributed by atoms with Crippen molar-refractivity contribution in [2.45, 2.75) is 138 Å². The van der Waals surface area contributed by atoms with Crippen molar-refractivity contribution in [3.8, 4) is 0 Å². The van der Waals surface area contributed by atoms with E-state index in [2.05, 4.69) is 132 Å². The predicted octanol–water partition coefficient (Wildman–Crippen LogP) is 7.55. The maximum absolute atomic E-state index is 14.6. The van der Waals surface area contributed by atoms with E-state index in [1.807, 2.05) is 7.11 Å². The minimum absolute atomic E-state index is 0.286. The summed E-state index contributed by atoms with van der Waals surface area (Å²) in [6.07, 6.45) is -1.77. The molecule has 0 aliphatic carbocycles. The van der Waals surface area contributed by atoms with Crippen molar-refractivity contribution in [1.29, 1.82) is 0 Å². The van der Waals surface area contributed by atoms with Gasteiger partial charge in [-0.25, -0.2) is 0 Å². The molecule has 12 heteroatoms. The summed E-state index contributed by atoms with van der Waals surface area (Å²) in [5.74, 6) is 0.351. The highest BCUT2D eigenvalue weighted by Crippen LogP contribution is 2.55. The van der Waals surface area contributed by atoms with E-state index in [1.54, 1.807) is 0 Å². The summed E-state index contributed by atoms with van der Waals surface area (Å²) in [5.41, 5.74) is -0.704. The topological polar surface area (TPSA) is 35.5 Å². The summed E-state index contributed by atoms with van der Waals surface area (Å²) in [4.78, 5) is 14.6. The molecule has 1 rings (SSSR count). The first-order valence-electron chi connectivity index (χ1n) is 14.1. The molecule has 0 aromatic rings. The van der Waals surface area contributed by atoms with Gasteiger partial charge < -0.3 is 8.85 Å². The zero-order valence-corrected chi connectivity index (χ0v) is 37.3. The van der Waals surface area contributed by atoms with E-state index in [0.717, 1.165) is 0 Å². The van der Waals surface area contributed by atoms with Crippen LogP contribution in [-0.2, 0) is 13.6 Å². The molecule has 0 bridgehead atoms. The Kier molecular flexibility index (Phi) is 9.43. The molecule has 0 aromatic heterocycles. The minimum Gasteiger partial charge on any atom is -0.423 e. The first-order chi connectivity index (χ1) is 15.3. The molecular weight excluding hydrogens is 589 g/mol. The van der Waals surface area contributed by atoms with Gasteiger partial charge in [0.25, 0.3) is 0 Å². The second-order valence-corrected chi connectivity index (χ2v) is 116. The van der Waals surface area contributed by atoms with Gasteiger partial charge in [0.05, 0.1) is 21.8 Å². The molecule has 2 atom stereocenters. The number of carbonyl (C=O) groups excluding carboxylic acids is 1. The van der Waals surface area contributed by atoms with Crippen molar-refractivity contribution >= 4 is 71.2 Å². The Hall–Kier alpha value is 1.54. The molecule has 1 saturated heterocycles. The van der Waals surface area contributed by atoms with Gasteiger partial charge in [0.1, 0.15) is 5.73 Å². The molecule has 36 heavy (non-hydrogen) atoms. The second-order valence-electron chi connectivity index (χ2n) is 17.9. The Morgan fingerprint density at radius 3 is 1.28 bits per heavy atom. The second kappa shape index (κ2) is 9.55. The fourth-order valence-corrected chi connectivity index (χ4v) is 390. The van der Waals surface area contributed by atoms with Gasteiger partial charge in [-0.2, -0.15) is 0 Å². The van der Waals surface area contributed by atoms with E-state index in [-0.39, 0.29) is 5.73 Å². The molecule has 0 amide bonds. The smallest absolute Gasteiger partial charge is 0.200 e. The molecule has 1 fully saturated rings. The Morgan fingerprint density at radius 2 is 1.03 bits per heavy atom. The van der Waals surface area contributed by atoms with Crippen LogP contribution in [0.15, 0.2) is 0 Å². The van der Waals surface area contributed by atoms with Crippen LogP contribution in [0, 0.1) is 5.41 Å². The van der Waals surface area contributed by atoms with Crippen LogP contribution in [0.5, 0.6) is 0 Å². The number of hydrogen-bond donors (Lipinski definition) is 0. The summed E-state index contributed by atoms with van der Waals surface area (Å²) in [5, 5.41) is 0. The highest BCUT2D eigenvalue weighted by atomic mass is 30.3. The first kappa shape index (κ1) is 35.6. The summed E-state index contributed by atoms with van der Waals surface area (Å²) in [7, 11) is -13.6. The van der Waals surface area contributed by atoms with Crippen LogP contribution in [0.3, 0.4) is 0 Å². The summed E-state index contributed by atoms with van der Waals surface area (Å²) >= 11 is 0. The number of carbonyl (C=O) groups is 1. The highest BCUT2D eigenvalue weighted by Gasteiger charge is 2.83. The molecule has 0 spiro atoms. The molecule has 1 heterocycles. The van der Waals surface area contributed by atoms with E-state index in [1.165, 1.54) is 0 Å². The molecule has 0 radical (unpaired) electrons. The summed E-state index contributed by atoms with van der Waals surface area (Å²) in [6, 6.07) is 0. The van der Waals surface area contributed by atoms with Crippen molar-refractivity contribution in [2.24, 2.45) is 5.41 Å². The fraction of sp³-hybridized carbons (Fsp3) is 0.958. The van der Waals surface area contributed by atoms with Crippen LogP contribution in [0.4, 0.5) is 0 Å². The summed E-state index contributed by atoms with van der Waals surface area (Å²) < 4.78 is 14.9. The van der Waals surface area contributed by atoms with Crippen LogP contribution in [0.25, 0.3) is 0 Å². The first-order valence-corrected chi connectivity index (χ1v) is 48.5. The average molecular weight is 654 g/mol. The molecule has 214 valence electrons. The SMILES string of the molecule is CO[Si]1([Si](C)(C)C)C(C(=O)C(C)(C)C)O[Si](C)(C)[Si](C)(C)[Si]([Si](C)(C)C)([Si](C)(C)C)[Si](C)(C)[Si]1(C)C. The average Bonchev–Trinajstić information content (AvgIpc) is 2.54. The van der Waals surface area contributed by atoms with Gasteiger partial charge >= 0.3 is 0 Å². The molecular formula is C24H64O3Si9. The zero-order valence-electron chi connectivity index (χ0n) is 28.3. The van der Waals surface area contributed by atoms with E-state index in [0.29, 0.717) is 5.78 Å². The number of Topliss-reactive ketones (excluding diaryl/α,β-unsaturated/α-hetero) is 1. The quantitative estimate of drug-likeness (QED) is 0.288. The lowest BCUT2D eigenvalue weighted by atomic mass is 9.91. The number of hydrogen-bond acceptors (Lipinski definition) is 3. The summed E-state index contributed by atoms with van der Waals surface area (Å²) in [6.45, 7) is 52.7. The maximum atomic E-state index is 14.6. The van der Waals surface area contributed by atoms with E-state index >= 15 is 0 Å². The largest absolute Gasteiger partial charge is 0.423 e. The predicted molar refractivity (Wildman–Crippen MR) is 188 cm³/mol. The Morgan fingerprint density at radius 1 is 0.667 bits per heavy atom. The van der Waals surface area contributed by atoms with E-state index < -0.39 is 70.8 Å². The van der Waals surface area contributed by atoms with Crippen LogP contribution in [0.2, 0.25) is 111 Å². The van der Waals surface area contributed by atoms with Crippen molar-refractivity contribution in [2.75, 3.05) is 7.11 Å². The van der Waals surface area contributed by atoms with Gasteiger partial charge in [-0.15, -0.1) is 0 Å². The standard InChI is InChI=1S/C24H64O3Si9/c1-24(2,3)22(25)23-27-31(14,15)32(16,17)36(29(8,9)10,30(11,12)13)34(20,21)33(18,19)35(23,26-4)28(5,6)7/h23H,1-21H3. The minimum atomic E-state index is -2.60. The lowest BCUT2D eigenvalue weighted by Gasteiger charge is -2.75. The fourth-order valence-electron chi connectivity index (χ4n) is 10.5. The third-order valence-corrected chi connectivity index (χ3v) is 223. The molecule has 3 nitrogen and oxygen atoms in total. The van der Waals surface area contributed by atoms with Gasteiger partial charge in [0.2, 0.25) is 0 Å². The van der Waals surface area contributed by atoms with Gasteiger partial charge in [0, 0.05) is 41.0 Å². The van der Waals surface area contributed by atoms with Gasteiger partial charge in [-0.1, -0.05) is 119 Å². The van der Waals surface area contributed by atoms with Crippen molar-refractivity contribution in [3.63, 3.8) is 0 Å². The van der Waals surface area contributed by atoms with Crippen molar-refractivity contribution in [3.05, 3.63) is 0 Å². The lowest BCUT2D eigenvalue weighted by Crippen LogP contribution is -3.06. The van der Waals surface area contributed by atoms with Gasteiger partial charge in [-0.05, 0) is 13.1 Å². The van der Waals surface area contributed by atoms with Crippen LogP contribution in [0.1, 0.15) is 20.8 Å².